The Morgan fingerprint density at radius 1 is 1.23 bits per heavy atom. The lowest BCUT2D eigenvalue weighted by molar-refractivity contribution is 0.447. The average Bonchev–Trinajstić information content (AvgIpc) is 3.06. The van der Waals surface area contributed by atoms with Gasteiger partial charge in [-0.25, -0.2) is 8.42 Å². The van der Waals surface area contributed by atoms with Crippen molar-refractivity contribution < 1.29 is 8.42 Å². The molecule has 0 N–H and O–H groups in total. The summed E-state index contributed by atoms with van der Waals surface area (Å²) in [5, 5.41) is 8.25. The van der Waals surface area contributed by atoms with Crippen LogP contribution in [0.5, 0.6) is 0 Å². The van der Waals surface area contributed by atoms with Gasteiger partial charge in [0.05, 0.1) is 11.4 Å². The lowest BCUT2D eigenvalue weighted by Crippen LogP contribution is -2.28. The maximum Gasteiger partial charge on any atom is 0.243 e. The number of fused-ring (bicyclic) bond motifs is 1. The van der Waals surface area contributed by atoms with Crippen molar-refractivity contribution in [2.45, 2.75) is 44.7 Å². The fraction of sp³-hybridized carbons (Fsp3) is 0.467. The summed E-state index contributed by atoms with van der Waals surface area (Å²) in [5.41, 5.74) is 2.05. The third-order valence-electron chi connectivity index (χ3n) is 4.24. The van der Waals surface area contributed by atoms with Gasteiger partial charge in [-0.3, -0.25) is 0 Å². The molecule has 0 aliphatic carbocycles. The summed E-state index contributed by atoms with van der Waals surface area (Å²) in [5.74, 6) is 1.66. The van der Waals surface area contributed by atoms with Crippen molar-refractivity contribution in [3.05, 3.63) is 41.0 Å². The predicted octanol–water partition coefficient (Wildman–Crippen LogP) is 1.66. The second kappa shape index (κ2) is 5.48. The molecule has 0 bridgehead atoms. The summed E-state index contributed by atoms with van der Waals surface area (Å²) in [6.07, 6.45) is 1.96. The summed E-state index contributed by atoms with van der Waals surface area (Å²) < 4.78 is 28.7. The molecule has 0 atom stereocenters. The van der Waals surface area contributed by atoms with Crippen molar-refractivity contribution in [3.63, 3.8) is 0 Å². The smallest absolute Gasteiger partial charge is 0.243 e. The maximum absolute atomic E-state index is 12.7. The van der Waals surface area contributed by atoms with E-state index in [1.54, 1.807) is 19.2 Å². The monoisotopic (exact) mass is 320 g/mol. The first-order valence-corrected chi connectivity index (χ1v) is 8.78. The number of sulfonamides is 1. The van der Waals surface area contributed by atoms with Crippen molar-refractivity contribution in [2.24, 2.45) is 0 Å². The van der Waals surface area contributed by atoms with E-state index in [0.29, 0.717) is 10.7 Å². The molecule has 0 amide bonds. The Kier molecular flexibility index (Phi) is 3.78. The van der Waals surface area contributed by atoms with Crippen LogP contribution in [0.3, 0.4) is 0 Å². The highest BCUT2D eigenvalue weighted by Crippen LogP contribution is 2.21. The van der Waals surface area contributed by atoms with E-state index in [4.69, 9.17) is 0 Å². The molecule has 1 aliphatic rings. The van der Waals surface area contributed by atoms with Gasteiger partial charge in [0.2, 0.25) is 10.0 Å². The number of rotatable bonds is 4. The number of nitrogens with zero attached hydrogens (tertiary/aromatic N) is 4. The van der Waals surface area contributed by atoms with Gasteiger partial charge in [-0.1, -0.05) is 6.07 Å². The van der Waals surface area contributed by atoms with Gasteiger partial charge in [-0.15, -0.1) is 10.2 Å². The van der Waals surface area contributed by atoms with E-state index < -0.39 is 10.0 Å². The first-order chi connectivity index (χ1) is 10.4. The molecular weight excluding hydrogens is 300 g/mol. The molecule has 1 aromatic heterocycles. The number of hydrogen-bond acceptors (Lipinski definition) is 4. The largest absolute Gasteiger partial charge is 0.314 e. The molecule has 2 heterocycles. The van der Waals surface area contributed by atoms with Crippen molar-refractivity contribution in [3.8, 4) is 0 Å². The highest BCUT2D eigenvalue weighted by molar-refractivity contribution is 7.89. The van der Waals surface area contributed by atoms with Gasteiger partial charge >= 0.3 is 0 Å². The minimum atomic E-state index is -3.52. The molecule has 1 aromatic carbocycles. The molecule has 6 nitrogen and oxygen atoms in total. The van der Waals surface area contributed by atoms with Gasteiger partial charge in [0.1, 0.15) is 11.6 Å². The zero-order valence-corrected chi connectivity index (χ0v) is 13.9. The molecule has 0 fully saturated rings. The normalized spacial score (nSPS) is 14.5. The Morgan fingerprint density at radius 2 is 2.00 bits per heavy atom. The van der Waals surface area contributed by atoms with Gasteiger partial charge < -0.3 is 4.57 Å². The van der Waals surface area contributed by atoms with Crippen LogP contribution in [0.25, 0.3) is 0 Å². The lowest BCUT2D eigenvalue weighted by Gasteiger charge is -2.17. The van der Waals surface area contributed by atoms with Crippen LogP contribution < -0.4 is 0 Å². The molecule has 2 aromatic rings. The highest BCUT2D eigenvalue weighted by Gasteiger charge is 2.25. The predicted molar refractivity (Wildman–Crippen MR) is 82.9 cm³/mol. The Morgan fingerprint density at radius 3 is 2.73 bits per heavy atom. The van der Waals surface area contributed by atoms with E-state index in [0.717, 1.165) is 36.3 Å². The van der Waals surface area contributed by atoms with Crippen LogP contribution in [0.15, 0.2) is 23.1 Å². The number of aromatic nitrogens is 3. The molecule has 0 saturated carbocycles. The molecule has 0 spiro atoms. The Hall–Kier alpha value is -1.73. The Balaban J connectivity index is 1.86. The fourth-order valence-corrected chi connectivity index (χ4v) is 3.88. The zero-order chi connectivity index (χ0) is 15.9. The van der Waals surface area contributed by atoms with Crippen LogP contribution in [0.1, 0.15) is 29.2 Å². The van der Waals surface area contributed by atoms with E-state index in [9.17, 15) is 8.42 Å². The fourth-order valence-electron chi connectivity index (χ4n) is 2.67. The van der Waals surface area contributed by atoms with E-state index in [2.05, 4.69) is 10.2 Å². The lowest BCUT2D eigenvalue weighted by atomic mass is 10.1. The van der Waals surface area contributed by atoms with E-state index in [-0.39, 0.29) is 6.54 Å². The number of aryl methyl sites for hydroxylation is 3. The van der Waals surface area contributed by atoms with Crippen molar-refractivity contribution in [1.29, 1.82) is 0 Å². The van der Waals surface area contributed by atoms with Crippen molar-refractivity contribution >= 4 is 10.0 Å². The molecule has 3 rings (SSSR count). The Bertz CT molecular complexity index is 811. The van der Waals surface area contributed by atoms with Crippen molar-refractivity contribution in [2.75, 3.05) is 7.05 Å². The summed E-state index contributed by atoms with van der Waals surface area (Å²) in [4.78, 5) is 0.319. The van der Waals surface area contributed by atoms with Gasteiger partial charge in [-0.2, -0.15) is 4.31 Å². The molecular formula is C15H20N4O2S. The quantitative estimate of drug-likeness (QED) is 0.859. The standard InChI is InChI=1S/C15H20N4O2S/c1-11-6-7-13(9-12(11)2)22(20,21)18(3)10-15-17-16-14-5-4-8-19(14)15/h6-7,9H,4-5,8,10H2,1-3H3. The number of benzene rings is 1. The van der Waals surface area contributed by atoms with Gasteiger partial charge in [0.25, 0.3) is 0 Å². The van der Waals surface area contributed by atoms with Crippen LogP contribution in [0, 0.1) is 13.8 Å². The second-order valence-corrected chi connectivity index (χ2v) is 7.84. The van der Waals surface area contributed by atoms with Crippen LogP contribution in [0.2, 0.25) is 0 Å². The zero-order valence-electron chi connectivity index (χ0n) is 13.1. The summed E-state index contributed by atoms with van der Waals surface area (Å²) >= 11 is 0. The summed E-state index contributed by atoms with van der Waals surface area (Å²) in [7, 11) is -1.94. The first kappa shape index (κ1) is 15.2. The second-order valence-electron chi connectivity index (χ2n) is 5.79. The Labute approximate surface area is 130 Å². The summed E-state index contributed by atoms with van der Waals surface area (Å²) in [6.45, 7) is 4.99. The van der Waals surface area contributed by atoms with Crippen molar-refractivity contribution in [1.82, 2.24) is 19.1 Å². The third kappa shape index (κ3) is 2.55. The molecule has 0 saturated heterocycles. The van der Waals surface area contributed by atoms with E-state index >= 15 is 0 Å². The van der Waals surface area contributed by atoms with E-state index in [1.807, 2.05) is 24.5 Å². The maximum atomic E-state index is 12.7. The number of hydrogen-bond donors (Lipinski definition) is 0. The SMILES string of the molecule is Cc1ccc(S(=O)(=O)N(C)Cc2nnc3n2CCC3)cc1C. The first-order valence-electron chi connectivity index (χ1n) is 7.34. The van der Waals surface area contributed by atoms with Gasteiger partial charge in [-0.05, 0) is 43.5 Å². The van der Waals surface area contributed by atoms with Crippen LogP contribution in [0.4, 0.5) is 0 Å². The van der Waals surface area contributed by atoms with Crippen LogP contribution >= 0.6 is 0 Å². The minimum absolute atomic E-state index is 0.238. The van der Waals surface area contributed by atoms with E-state index in [1.165, 1.54) is 4.31 Å². The molecule has 7 heteroatoms. The molecule has 0 radical (unpaired) electrons. The topological polar surface area (TPSA) is 68.1 Å². The minimum Gasteiger partial charge on any atom is -0.314 e. The van der Waals surface area contributed by atoms with Crippen LogP contribution in [-0.4, -0.2) is 34.5 Å². The molecule has 0 unspecified atom stereocenters. The average molecular weight is 320 g/mol. The van der Waals surface area contributed by atoms with Crippen LogP contribution in [-0.2, 0) is 29.5 Å². The molecule has 118 valence electrons. The van der Waals surface area contributed by atoms with Gasteiger partial charge in [0, 0.05) is 20.0 Å². The molecule has 22 heavy (non-hydrogen) atoms. The highest BCUT2D eigenvalue weighted by atomic mass is 32.2. The third-order valence-corrected chi connectivity index (χ3v) is 6.04. The summed E-state index contributed by atoms with van der Waals surface area (Å²) in [6, 6.07) is 5.21. The molecule has 1 aliphatic heterocycles. The van der Waals surface area contributed by atoms with Gasteiger partial charge in [0.15, 0.2) is 0 Å².